The number of halogens is 2. The molecule has 0 bridgehead atoms. The number of nitrogens with two attached hydrogens (primary N) is 1. The first-order chi connectivity index (χ1) is 7.44. The molecule has 0 spiro atoms. The van der Waals surface area contributed by atoms with E-state index in [1.54, 1.807) is 0 Å². The number of anilines is 1. The molecule has 0 radical (unpaired) electrons. The highest BCUT2D eigenvalue weighted by Gasteiger charge is 2.13. The summed E-state index contributed by atoms with van der Waals surface area (Å²) in [6, 6.07) is 2.55. The van der Waals surface area contributed by atoms with Crippen molar-refractivity contribution in [2.24, 2.45) is 5.73 Å². The monoisotopic (exact) mass is 250 g/mol. The average molecular weight is 250 g/mol. The minimum atomic E-state index is -3.67. The Balaban J connectivity index is 2.83. The Kier molecular flexibility index (Phi) is 4.19. The van der Waals surface area contributed by atoms with E-state index in [9.17, 15) is 17.2 Å². The molecule has 0 aliphatic heterocycles. The van der Waals surface area contributed by atoms with E-state index in [0.29, 0.717) is 0 Å². The second-order valence-electron chi connectivity index (χ2n) is 3.19. The Hall–Kier alpha value is -1.21. The zero-order chi connectivity index (χ0) is 12.2. The van der Waals surface area contributed by atoms with Crippen LogP contribution in [0.4, 0.5) is 14.5 Å². The number of nitrogens with one attached hydrogen (secondary N) is 1. The molecule has 3 N–H and O–H groups in total. The molecular weight excluding hydrogens is 238 g/mol. The molecule has 1 rings (SSSR count). The van der Waals surface area contributed by atoms with Crippen molar-refractivity contribution in [1.29, 1.82) is 0 Å². The lowest BCUT2D eigenvalue weighted by molar-refractivity contribution is 0.593. The van der Waals surface area contributed by atoms with Gasteiger partial charge in [0.05, 0.1) is 11.4 Å². The predicted octanol–water partition coefficient (Wildman–Crippen LogP) is 1.06. The zero-order valence-corrected chi connectivity index (χ0v) is 9.23. The first-order valence-corrected chi connectivity index (χ1v) is 6.25. The highest BCUT2D eigenvalue weighted by molar-refractivity contribution is 7.92. The van der Waals surface area contributed by atoms with Crippen LogP contribution >= 0.6 is 0 Å². The summed E-state index contributed by atoms with van der Waals surface area (Å²) in [5.41, 5.74) is 4.77. The van der Waals surface area contributed by atoms with Gasteiger partial charge in [0.25, 0.3) is 0 Å². The maximum absolute atomic E-state index is 13.1. The third kappa shape index (κ3) is 3.74. The van der Waals surface area contributed by atoms with Crippen molar-refractivity contribution in [3.8, 4) is 0 Å². The molecule has 0 saturated carbocycles. The topological polar surface area (TPSA) is 72.2 Å². The van der Waals surface area contributed by atoms with E-state index in [1.165, 1.54) is 0 Å². The van der Waals surface area contributed by atoms with Crippen LogP contribution in [0.3, 0.4) is 0 Å². The van der Waals surface area contributed by atoms with Crippen LogP contribution in [-0.4, -0.2) is 20.7 Å². The van der Waals surface area contributed by atoms with Gasteiger partial charge in [0.15, 0.2) is 0 Å². The lowest BCUT2D eigenvalue weighted by atomic mass is 10.3. The van der Waals surface area contributed by atoms with Gasteiger partial charge in [0.2, 0.25) is 10.0 Å². The Morgan fingerprint density at radius 3 is 2.62 bits per heavy atom. The molecular formula is C9H12F2N2O2S. The van der Waals surface area contributed by atoms with Gasteiger partial charge in [-0.2, -0.15) is 0 Å². The van der Waals surface area contributed by atoms with Gasteiger partial charge in [-0.3, -0.25) is 4.72 Å². The van der Waals surface area contributed by atoms with Crippen molar-refractivity contribution in [1.82, 2.24) is 0 Å². The van der Waals surface area contributed by atoms with Crippen molar-refractivity contribution in [2.75, 3.05) is 17.0 Å². The standard InChI is InChI=1S/C9H12F2N2O2S/c10-7-2-3-8(11)9(6-7)13-16(14,15)5-1-4-12/h2-3,6,13H,1,4-5,12H2. The fourth-order valence-corrected chi connectivity index (χ4v) is 2.21. The van der Waals surface area contributed by atoms with Gasteiger partial charge in [0, 0.05) is 6.07 Å². The molecule has 0 amide bonds. The molecule has 0 aromatic heterocycles. The lowest BCUT2D eigenvalue weighted by Crippen LogP contribution is -2.19. The fraction of sp³-hybridized carbons (Fsp3) is 0.333. The van der Waals surface area contributed by atoms with E-state index < -0.39 is 27.3 Å². The van der Waals surface area contributed by atoms with Crippen LogP contribution in [0.2, 0.25) is 0 Å². The van der Waals surface area contributed by atoms with Crippen LogP contribution in [0.5, 0.6) is 0 Å². The van der Waals surface area contributed by atoms with Crippen molar-refractivity contribution < 1.29 is 17.2 Å². The molecule has 0 fully saturated rings. The summed E-state index contributed by atoms with van der Waals surface area (Å²) in [5, 5.41) is 0. The van der Waals surface area contributed by atoms with Gasteiger partial charge in [0.1, 0.15) is 11.6 Å². The van der Waals surface area contributed by atoms with E-state index in [0.717, 1.165) is 18.2 Å². The maximum Gasteiger partial charge on any atom is 0.232 e. The maximum atomic E-state index is 13.1. The SMILES string of the molecule is NCCCS(=O)(=O)Nc1cc(F)ccc1F. The quantitative estimate of drug-likeness (QED) is 0.820. The molecule has 7 heteroatoms. The van der Waals surface area contributed by atoms with Crippen LogP contribution in [-0.2, 0) is 10.0 Å². The van der Waals surface area contributed by atoms with Crippen molar-refractivity contribution in [3.05, 3.63) is 29.8 Å². The summed E-state index contributed by atoms with van der Waals surface area (Å²) in [5.74, 6) is -1.75. The molecule has 0 unspecified atom stereocenters. The van der Waals surface area contributed by atoms with Gasteiger partial charge >= 0.3 is 0 Å². The molecule has 0 saturated heterocycles. The largest absolute Gasteiger partial charge is 0.330 e. The second kappa shape index (κ2) is 5.22. The number of hydrogen-bond donors (Lipinski definition) is 2. The molecule has 1 aromatic carbocycles. The smallest absolute Gasteiger partial charge is 0.232 e. The van der Waals surface area contributed by atoms with Crippen LogP contribution in [0.15, 0.2) is 18.2 Å². The molecule has 0 atom stereocenters. The number of sulfonamides is 1. The Labute approximate surface area is 92.5 Å². The molecule has 0 heterocycles. The van der Waals surface area contributed by atoms with Gasteiger partial charge in [-0.05, 0) is 25.1 Å². The van der Waals surface area contributed by atoms with Crippen molar-refractivity contribution in [2.45, 2.75) is 6.42 Å². The van der Waals surface area contributed by atoms with E-state index in [1.807, 2.05) is 4.72 Å². The van der Waals surface area contributed by atoms with Gasteiger partial charge in [-0.25, -0.2) is 17.2 Å². The van der Waals surface area contributed by atoms with E-state index in [-0.39, 0.29) is 18.7 Å². The summed E-state index contributed by atoms with van der Waals surface area (Å²) in [6.07, 6.45) is 0.256. The average Bonchev–Trinajstić information content (AvgIpc) is 2.20. The van der Waals surface area contributed by atoms with Gasteiger partial charge in [-0.1, -0.05) is 0 Å². The normalized spacial score (nSPS) is 11.4. The summed E-state index contributed by atoms with van der Waals surface area (Å²) < 4.78 is 50.6. The third-order valence-electron chi connectivity index (χ3n) is 1.81. The summed E-state index contributed by atoms with van der Waals surface area (Å²) in [7, 11) is -3.67. The zero-order valence-electron chi connectivity index (χ0n) is 8.41. The van der Waals surface area contributed by atoms with E-state index >= 15 is 0 Å². The van der Waals surface area contributed by atoms with Gasteiger partial charge < -0.3 is 5.73 Å². The van der Waals surface area contributed by atoms with E-state index in [4.69, 9.17) is 5.73 Å². The third-order valence-corrected chi connectivity index (χ3v) is 3.17. The molecule has 4 nitrogen and oxygen atoms in total. The predicted molar refractivity (Wildman–Crippen MR) is 57.4 cm³/mol. The first kappa shape index (κ1) is 12.9. The molecule has 0 aliphatic carbocycles. The first-order valence-electron chi connectivity index (χ1n) is 4.60. The van der Waals surface area contributed by atoms with Crippen LogP contribution in [0.1, 0.15) is 6.42 Å². The molecule has 1 aromatic rings. The molecule has 16 heavy (non-hydrogen) atoms. The highest BCUT2D eigenvalue weighted by atomic mass is 32.2. The van der Waals surface area contributed by atoms with Crippen molar-refractivity contribution in [3.63, 3.8) is 0 Å². The van der Waals surface area contributed by atoms with Crippen LogP contribution in [0, 0.1) is 11.6 Å². The summed E-state index contributed by atoms with van der Waals surface area (Å²) >= 11 is 0. The lowest BCUT2D eigenvalue weighted by Gasteiger charge is -2.08. The van der Waals surface area contributed by atoms with Gasteiger partial charge in [-0.15, -0.1) is 0 Å². The Morgan fingerprint density at radius 1 is 1.31 bits per heavy atom. The Bertz CT molecular complexity index is 463. The molecule has 0 aliphatic rings. The van der Waals surface area contributed by atoms with Crippen molar-refractivity contribution >= 4 is 15.7 Å². The minimum Gasteiger partial charge on any atom is -0.330 e. The second-order valence-corrected chi connectivity index (χ2v) is 5.03. The van der Waals surface area contributed by atoms with Crippen LogP contribution < -0.4 is 10.5 Å². The molecule has 90 valence electrons. The minimum absolute atomic E-state index is 0.215. The number of benzene rings is 1. The van der Waals surface area contributed by atoms with Crippen LogP contribution in [0.25, 0.3) is 0 Å². The van der Waals surface area contributed by atoms with E-state index in [2.05, 4.69) is 0 Å². The summed E-state index contributed by atoms with van der Waals surface area (Å²) in [6.45, 7) is 0.215. The number of hydrogen-bond acceptors (Lipinski definition) is 3. The fourth-order valence-electron chi connectivity index (χ4n) is 1.07. The number of rotatable bonds is 5. The Morgan fingerprint density at radius 2 is 2.00 bits per heavy atom. The summed E-state index contributed by atoms with van der Waals surface area (Å²) in [4.78, 5) is 0. The highest BCUT2D eigenvalue weighted by Crippen LogP contribution is 2.16.